The first-order valence-electron chi connectivity index (χ1n) is 7.63. The van der Waals surface area contributed by atoms with Crippen molar-refractivity contribution in [1.82, 2.24) is 9.97 Å². The molecule has 5 nitrogen and oxygen atoms in total. The largest absolute Gasteiger partial charge is 0.435 e. The minimum absolute atomic E-state index is 0.530. The molecule has 25 heavy (non-hydrogen) atoms. The minimum Gasteiger partial charge on any atom is -0.435 e. The zero-order chi connectivity index (χ0) is 17.1. The number of benzene rings is 1. The molecule has 0 fully saturated rings. The van der Waals surface area contributed by atoms with Gasteiger partial charge in [-0.15, -0.1) is 0 Å². The van der Waals surface area contributed by atoms with Gasteiger partial charge in [0.2, 0.25) is 5.89 Å². The number of pyridine rings is 1. The van der Waals surface area contributed by atoms with Crippen LogP contribution in [0, 0.1) is 0 Å². The van der Waals surface area contributed by atoms with Gasteiger partial charge in [-0.05, 0) is 60.8 Å². The molecule has 0 spiro atoms. The molecule has 7 heteroatoms. The summed E-state index contributed by atoms with van der Waals surface area (Å²) in [5, 5.41) is 0.713. The number of nitrogens with zero attached hydrogens (tertiary/aromatic N) is 3. The van der Waals surface area contributed by atoms with Crippen molar-refractivity contribution in [2.24, 2.45) is 4.99 Å². The number of rotatable bonds is 4. The molecule has 0 bridgehead atoms. The van der Waals surface area contributed by atoms with E-state index in [1.165, 1.54) is 11.9 Å². The Hall–Kier alpha value is -2.57. The maximum absolute atomic E-state index is 5.90. The van der Waals surface area contributed by atoms with Crippen LogP contribution in [0.2, 0.25) is 5.02 Å². The summed E-state index contributed by atoms with van der Waals surface area (Å²) in [6, 6.07) is 11.3. The van der Waals surface area contributed by atoms with Gasteiger partial charge in [-0.25, -0.2) is 9.98 Å². The number of hydrogen-bond donors (Lipinski definition) is 1. The zero-order valence-electron chi connectivity index (χ0n) is 13.0. The molecule has 0 saturated heterocycles. The summed E-state index contributed by atoms with van der Waals surface area (Å²) in [7, 11) is 0. The average Bonchev–Trinajstić information content (AvgIpc) is 2.92. The van der Waals surface area contributed by atoms with Gasteiger partial charge in [-0.3, -0.25) is 0 Å². The summed E-state index contributed by atoms with van der Waals surface area (Å²) in [6.45, 7) is 0. The molecule has 3 heterocycles. The predicted octanol–water partition coefficient (Wildman–Crippen LogP) is 3.83. The van der Waals surface area contributed by atoms with Gasteiger partial charge in [0, 0.05) is 27.9 Å². The van der Waals surface area contributed by atoms with E-state index >= 15 is 0 Å². The fraction of sp³-hybridized carbons (Fsp3) is 0.0556. The molecule has 1 aliphatic heterocycles. The first-order valence-corrected chi connectivity index (χ1v) is 8.82. The van der Waals surface area contributed by atoms with Crippen LogP contribution in [-0.2, 0) is 0 Å². The number of hydrogen-bond acceptors (Lipinski definition) is 6. The summed E-state index contributed by atoms with van der Waals surface area (Å²) in [5.74, 6) is 1.24. The summed E-state index contributed by atoms with van der Waals surface area (Å²) < 4.78 is 9.04. The quantitative estimate of drug-likeness (QED) is 0.709. The van der Waals surface area contributed by atoms with Crippen molar-refractivity contribution in [1.29, 1.82) is 0 Å². The van der Waals surface area contributed by atoms with Gasteiger partial charge in [-0.2, -0.15) is 4.98 Å². The lowest BCUT2D eigenvalue weighted by atomic mass is 10.2. The van der Waals surface area contributed by atoms with Gasteiger partial charge >= 0.3 is 0 Å². The molecule has 0 aliphatic carbocycles. The first-order chi connectivity index (χ1) is 12.3. The maximum Gasteiger partial charge on any atom is 0.229 e. The molecule has 0 unspecified atom stereocenters. The highest BCUT2D eigenvalue weighted by atomic mass is 35.5. The molecule has 1 aromatic carbocycles. The second-order valence-corrected chi connectivity index (χ2v) is 6.56. The van der Waals surface area contributed by atoms with Gasteiger partial charge in [0.15, 0.2) is 10.9 Å². The third kappa shape index (κ3) is 3.75. The lowest BCUT2D eigenvalue weighted by Gasteiger charge is -2.05. The Bertz CT molecular complexity index is 1040. The second-order valence-electron chi connectivity index (χ2n) is 5.25. The Balaban J connectivity index is 1.56. The zero-order valence-corrected chi connectivity index (χ0v) is 14.6. The van der Waals surface area contributed by atoms with Crippen molar-refractivity contribution in [3.63, 3.8) is 0 Å². The first kappa shape index (κ1) is 15.9. The Morgan fingerprint density at radius 3 is 2.92 bits per heavy atom. The minimum atomic E-state index is 0.530. The molecule has 0 amide bonds. The van der Waals surface area contributed by atoms with E-state index in [1.807, 2.05) is 48.6 Å². The van der Waals surface area contributed by atoms with Crippen LogP contribution in [0.1, 0.15) is 6.42 Å². The van der Waals surface area contributed by atoms with Crippen LogP contribution in [0.15, 0.2) is 69.2 Å². The monoisotopic (exact) mass is 368 g/mol. The summed E-state index contributed by atoms with van der Waals surface area (Å²) >= 11 is 7.36. The standard InChI is InChI=1S/C18H13ClN4OS/c19-13-4-6-14(7-5-13)25-23-16-11-12(8-10-20-16)18-22-17-15(24-18)3-1-2-9-21-17/h2-11H,1H2,(H,20,23). The highest BCUT2D eigenvalue weighted by molar-refractivity contribution is 8.00. The van der Waals surface area contributed by atoms with Gasteiger partial charge in [-0.1, -0.05) is 17.7 Å². The number of fused-ring (bicyclic) bond motifs is 1. The molecule has 124 valence electrons. The van der Waals surface area contributed by atoms with Crippen LogP contribution < -0.4 is 15.6 Å². The maximum atomic E-state index is 5.90. The highest BCUT2D eigenvalue weighted by Crippen LogP contribution is 2.24. The van der Waals surface area contributed by atoms with Crippen molar-refractivity contribution in [2.75, 3.05) is 4.72 Å². The Kier molecular flexibility index (Phi) is 4.54. The smallest absolute Gasteiger partial charge is 0.229 e. The molecule has 0 saturated carbocycles. The third-order valence-corrected chi connectivity index (χ3v) is 4.54. The summed E-state index contributed by atoms with van der Waals surface area (Å²) in [5.41, 5.74) is 2.14. The predicted molar refractivity (Wildman–Crippen MR) is 99.7 cm³/mol. The average molecular weight is 369 g/mol. The van der Waals surface area contributed by atoms with E-state index in [-0.39, 0.29) is 0 Å². The SMILES string of the molecule is Clc1ccc(SNc2cc(-c3nc4c(o3)=CCC=CN=4)ccn2)cc1. The van der Waals surface area contributed by atoms with Crippen LogP contribution >= 0.6 is 23.5 Å². The molecule has 4 rings (SSSR count). The summed E-state index contributed by atoms with van der Waals surface area (Å²) in [4.78, 5) is 14.1. The lowest BCUT2D eigenvalue weighted by Crippen LogP contribution is -2.21. The highest BCUT2D eigenvalue weighted by Gasteiger charge is 2.08. The number of aromatic nitrogens is 2. The lowest BCUT2D eigenvalue weighted by molar-refractivity contribution is 0.538. The number of anilines is 1. The van der Waals surface area contributed by atoms with Gasteiger partial charge in [0.1, 0.15) is 5.82 Å². The molecule has 1 N–H and O–H groups in total. The topological polar surface area (TPSA) is 63.3 Å². The van der Waals surface area contributed by atoms with Crippen LogP contribution in [-0.4, -0.2) is 9.97 Å². The van der Waals surface area contributed by atoms with E-state index < -0.39 is 0 Å². The normalized spacial score (nSPS) is 12.7. The molecule has 3 aromatic rings. The summed E-state index contributed by atoms with van der Waals surface area (Å²) in [6.07, 6.45) is 8.17. The van der Waals surface area contributed by atoms with E-state index in [2.05, 4.69) is 19.7 Å². The van der Waals surface area contributed by atoms with E-state index in [9.17, 15) is 0 Å². The van der Waals surface area contributed by atoms with Crippen molar-refractivity contribution in [2.45, 2.75) is 11.3 Å². The number of allylic oxidation sites excluding steroid dienone is 1. The molecule has 0 atom stereocenters. The van der Waals surface area contributed by atoms with Crippen molar-refractivity contribution in [3.05, 3.63) is 70.8 Å². The molecular weight excluding hydrogens is 356 g/mol. The Morgan fingerprint density at radius 1 is 1.16 bits per heavy atom. The van der Waals surface area contributed by atoms with Crippen LogP contribution in [0.4, 0.5) is 5.82 Å². The number of nitrogens with one attached hydrogen (secondary N) is 1. The van der Waals surface area contributed by atoms with Crippen LogP contribution in [0.5, 0.6) is 0 Å². The molecule has 1 aliphatic rings. The van der Waals surface area contributed by atoms with Crippen molar-refractivity contribution in [3.8, 4) is 11.5 Å². The number of halogens is 1. The second kappa shape index (κ2) is 7.13. The Labute approximate surface area is 153 Å². The van der Waals surface area contributed by atoms with E-state index in [0.717, 1.165) is 16.9 Å². The van der Waals surface area contributed by atoms with Crippen LogP contribution in [0.25, 0.3) is 17.5 Å². The fourth-order valence-corrected chi connectivity index (χ4v) is 3.00. The van der Waals surface area contributed by atoms with E-state index in [0.29, 0.717) is 27.6 Å². The van der Waals surface area contributed by atoms with Gasteiger partial charge in [0.25, 0.3) is 0 Å². The van der Waals surface area contributed by atoms with Gasteiger partial charge in [0.05, 0.1) is 0 Å². The van der Waals surface area contributed by atoms with Crippen molar-refractivity contribution >= 4 is 35.4 Å². The van der Waals surface area contributed by atoms with Crippen molar-refractivity contribution < 1.29 is 4.42 Å². The number of oxazole rings is 1. The van der Waals surface area contributed by atoms with Crippen LogP contribution in [0.3, 0.4) is 0 Å². The molecule has 2 aromatic heterocycles. The van der Waals surface area contributed by atoms with E-state index in [4.69, 9.17) is 16.0 Å². The molecular formula is C18H13ClN4OS. The Morgan fingerprint density at radius 2 is 2.04 bits per heavy atom. The fourth-order valence-electron chi connectivity index (χ4n) is 2.27. The van der Waals surface area contributed by atoms with E-state index in [1.54, 1.807) is 12.4 Å². The molecule has 0 radical (unpaired) electrons. The third-order valence-electron chi connectivity index (χ3n) is 3.47. The van der Waals surface area contributed by atoms with Gasteiger partial charge < -0.3 is 9.14 Å².